The van der Waals surface area contributed by atoms with Gasteiger partial charge in [-0.15, -0.1) is 5.16 Å². The molecule has 1 N–H and O–H groups in total. The molecule has 0 radical (unpaired) electrons. The third kappa shape index (κ3) is 4.94. The Labute approximate surface area is 116 Å². The third-order valence-corrected chi connectivity index (χ3v) is 3.31. The number of nitrogens with zero attached hydrogens (tertiary/aromatic N) is 2. The Morgan fingerprint density at radius 1 is 1.26 bits per heavy atom. The molecule has 0 atom stereocenters. The predicted molar refractivity (Wildman–Crippen MR) is 83.7 cm³/mol. The molecule has 1 aromatic rings. The highest BCUT2D eigenvalue weighted by Gasteiger charge is 2.15. The molecule has 0 heterocycles. The maximum absolute atomic E-state index is 10.00. The average Bonchev–Trinajstić information content (AvgIpc) is 2.32. The lowest BCUT2D eigenvalue weighted by Gasteiger charge is -2.21. The second kappa shape index (κ2) is 6.61. The molecule has 0 saturated carbocycles. The summed E-state index contributed by atoms with van der Waals surface area (Å²) < 4.78 is 5.40. The van der Waals surface area contributed by atoms with Gasteiger partial charge in [0.25, 0.3) is 8.32 Å². The zero-order valence-electron chi connectivity index (χ0n) is 12.5. The fourth-order valence-electron chi connectivity index (χ4n) is 1.67. The van der Waals surface area contributed by atoms with Crippen LogP contribution >= 0.6 is 0 Å². The summed E-state index contributed by atoms with van der Waals surface area (Å²) in [7, 11) is -1.66. The van der Waals surface area contributed by atoms with Crippen molar-refractivity contribution in [3.63, 3.8) is 0 Å². The molecule has 4 nitrogen and oxygen atoms in total. The number of phenols is 1. The van der Waals surface area contributed by atoms with Crippen LogP contribution in [-0.4, -0.2) is 32.7 Å². The van der Waals surface area contributed by atoms with Gasteiger partial charge in [0.15, 0.2) is 0 Å². The summed E-state index contributed by atoms with van der Waals surface area (Å²) in [6.07, 6.45) is 1.57. The fourth-order valence-corrected chi connectivity index (χ4v) is 2.04. The molecular formula is C14H24N2O2Si. The van der Waals surface area contributed by atoms with E-state index in [-0.39, 0.29) is 5.75 Å². The lowest BCUT2D eigenvalue weighted by Crippen LogP contribution is -2.22. The van der Waals surface area contributed by atoms with E-state index >= 15 is 0 Å². The van der Waals surface area contributed by atoms with E-state index in [1.165, 1.54) is 0 Å². The first-order chi connectivity index (χ1) is 8.87. The Balaban J connectivity index is 2.83. The van der Waals surface area contributed by atoms with Crippen molar-refractivity contribution < 1.29 is 9.63 Å². The van der Waals surface area contributed by atoms with Crippen LogP contribution in [0.15, 0.2) is 23.4 Å². The van der Waals surface area contributed by atoms with E-state index in [9.17, 15) is 5.11 Å². The van der Waals surface area contributed by atoms with Gasteiger partial charge < -0.3 is 14.5 Å². The fraction of sp³-hybridized carbons (Fsp3) is 0.500. The molecule has 19 heavy (non-hydrogen) atoms. The normalized spacial score (nSPS) is 11.8. The van der Waals surface area contributed by atoms with Crippen LogP contribution in [0.4, 0.5) is 5.69 Å². The zero-order valence-corrected chi connectivity index (χ0v) is 13.5. The predicted octanol–water partition coefficient (Wildman–Crippen LogP) is 3.42. The van der Waals surface area contributed by atoms with Crippen LogP contribution in [0.2, 0.25) is 19.6 Å². The highest BCUT2D eigenvalue weighted by atomic mass is 28.4. The summed E-state index contributed by atoms with van der Waals surface area (Å²) in [5, 5.41) is 14.0. The first-order valence-corrected chi connectivity index (χ1v) is 10.1. The molecule has 106 valence electrons. The molecule has 0 aliphatic heterocycles. The molecule has 0 amide bonds. The number of benzene rings is 1. The van der Waals surface area contributed by atoms with E-state index in [4.69, 9.17) is 4.53 Å². The second-order valence-electron chi connectivity index (χ2n) is 5.35. The van der Waals surface area contributed by atoms with Crippen molar-refractivity contribution in [1.82, 2.24) is 0 Å². The molecule has 1 aromatic carbocycles. The Morgan fingerprint density at radius 3 is 2.37 bits per heavy atom. The Kier molecular flexibility index (Phi) is 5.41. The lowest BCUT2D eigenvalue weighted by molar-refractivity contribution is 0.337. The van der Waals surface area contributed by atoms with Crippen molar-refractivity contribution in [3.8, 4) is 5.75 Å². The van der Waals surface area contributed by atoms with Crippen molar-refractivity contribution >= 4 is 20.2 Å². The molecule has 0 fully saturated rings. The minimum atomic E-state index is -1.66. The van der Waals surface area contributed by atoms with Gasteiger partial charge >= 0.3 is 0 Å². The second-order valence-corrected chi connectivity index (χ2v) is 9.76. The average molecular weight is 280 g/mol. The number of phenolic OH excluding ortho intramolecular Hbond substituents is 1. The molecule has 0 unspecified atom stereocenters. The largest absolute Gasteiger partial charge is 0.507 e. The third-order valence-electron chi connectivity index (χ3n) is 2.66. The smallest absolute Gasteiger partial charge is 0.278 e. The number of aromatic hydroxyl groups is 1. The highest BCUT2D eigenvalue weighted by Crippen LogP contribution is 2.23. The van der Waals surface area contributed by atoms with E-state index in [2.05, 4.69) is 43.5 Å². The standard InChI is InChI=1S/C14H24N2O2Si/c1-6-16(7-2)13-9-8-12(14(17)10-13)11-15-18-19(3,4)5/h8-11,17H,6-7H2,1-5H3/b15-11+. The maximum Gasteiger partial charge on any atom is 0.278 e. The summed E-state index contributed by atoms with van der Waals surface area (Å²) in [4.78, 5) is 2.18. The molecule has 1 rings (SSSR count). The van der Waals surface area contributed by atoms with Gasteiger partial charge in [0.1, 0.15) is 5.75 Å². The van der Waals surface area contributed by atoms with Crippen molar-refractivity contribution in [1.29, 1.82) is 0 Å². The first kappa shape index (κ1) is 15.6. The van der Waals surface area contributed by atoms with Gasteiger partial charge in [-0.2, -0.15) is 0 Å². The Bertz CT molecular complexity index is 438. The van der Waals surface area contributed by atoms with Crippen LogP contribution in [0, 0.1) is 0 Å². The number of hydrogen-bond acceptors (Lipinski definition) is 4. The Morgan fingerprint density at radius 2 is 1.89 bits per heavy atom. The maximum atomic E-state index is 10.00. The molecule has 0 spiro atoms. The Hall–Kier alpha value is -1.49. The molecule has 0 saturated heterocycles. The van der Waals surface area contributed by atoms with Crippen molar-refractivity contribution in [2.24, 2.45) is 5.16 Å². The molecule has 0 aliphatic rings. The molecule has 0 aliphatic carbocycles. The van der Waals surface area contributed by atoms with Crippen LogP contribution in [0.25, 0.3) is 0 Å². The lowest BCUT2D eigenvalue weighted by atomic mass is 10.2. The van der Waals surface area contributed by atoms with E-state index < -0.39 is 8.32 Å². The van der Waals surface area contributed by atoms with Gasteiger partial charge in [-0.1, -0.05) is 0 Å². The zero-order chi connectivity index (χ0) is 14.5. The number of oxime groups is 1. The van der Waals surface area contributed by atoms with E-state index in [1.54, 1.807) is 12.3 Å². The highest BCUT2D eigenvalue weighted by molar-refractivity contribution is 6.69. The van der Waals surface area contributed by atoms with Crippen molar-refractivity contribution in [2.75, 3.05) is 18.0 Å². The van der Waals surface area contributed by atoms with Crippen LogP contribution in [-0.2, 0) is 4.53 Å². The van der Waals surface area contributed by atoms with Gasteiger partial charge in [-0.05, 0) is 45.6 Å². The van der Waals surface area contributed by atoms with Crippen LogP contribution in [0.5, 0.6) is 5.75 Å². The van der Waals surface area contributed by atoms with Crippen LogP contribution in [0.3, 0.4) is 0 Å². The van der Waals surface area contributed by atoms with E-state index in [0.29, 0.717) is 5.56 Å². The van der Waals surface area contributed by atoms with E-state index in [0.717, 1.165) is 18.8 Å². The topological polar surface area (TPSA) is 45.1 Å². The molecule has 0 bridgehead atoms. The number of hydrogen-bond donors (Lipinski definition) is 1. The van der Waals surface area contributed by atoms with Gasteiger partial charge in [-0.3, -0.25) is 0 Å². The van der Waals surface area contributed by atoms with Gasteiger partial charge in [-0.25, -0.2) is 0 Å². The first-order valence-electron chi connectivity index (χ1n) is 6.67. The quantitative estimate of drug-likeness (QED) is 0.493. The van der Waals surface area contributed by atoms with Crippen LogP contribution < -0.4 is 4.90 Å². The van der Waals surface area contributed by atoms with Gasteiger partial charge in [0, 0.05) is 30.4 Å². The van der Waals surface area contributed by atoms with Gasteiger partial charge in [0.2, 0.25) is 0 Å². The van der Waals surface area contributed by atoms with Gasteiger partial charge in [0.05, 0.1) is 6.21 Å². The van der Waals surface area contributed by atoms with E-state index in [1.807, 2.05) is 12.1 Å². The minimum Gasteiger partial charge on any atom is -0.507 e. The SMILES string of the molecule is CCN(CC)c1ccc(/C=N/O[Si](C)(C)C)c(O)c1. The van der Waals surface area contributed by atoms with Crippen LogP contribution in [0.1, 0.15) is 19.4 Å². The number of rotatable bonds is 6. The molecular weight excluding hydrogens is 256 g/mol. The number of anilines is 1. The molecule has 0 aromatic heterocycles. The minimum absolute atomic E-state index is 0.229. The summed E-state index contributed by atoms with van der Waals surface area (Å²) in [6, 6.07) is 5.62. The summed E-state index contributed by atoms with van der Waals surface area (Å²) >= 11 is 0. The van der Waals surface area contributed by atoms with Crippen molar-refractivity contribution in [2.45, 2.75) is 33.5 Å². The monoisotopic (exact) mass is 280 g/mol. The van der Waals surface area contributed by atoms with Crippen molar-refractivity contribution in [3.05, 3.63) is 23.8 Å². The summed E-state index contributed by atoms with van der Waals surface area (Å²) in [5.74, 6) is 0.229. The molecule has 5 heteroatoms. The summed E-state index contributed by atoms with van der Waals surface area (Å²) in [6.45, 7) is 12.2. The summed E-state index contributed by atoms with van der Waals surface area (Å²) in [5.41, 5.74) is 1.69.